The van der Waals surface area contributed by atoms with E-state index in [2.05, 4.69) is 5.10 Å². The first-order valence-corrected chi connectivity index (χ1v) is 5.38. The van der Waals surface area contributed by atoms with Crippen molar-refractivity contribution in [3.8, 4) is 11.3 Å². The summed E-state index contributed by atoms with van der Waals surface area (Å²) in [5.41, 5.74) is 0.199. The second kappa shape index (κ2) is 5.24. The van der Waals surface area contributed by atoms with Crippen LogP contribution in [-0.2, 0) is 0 Å². The average Bonchev–Trinajstić information content (AvgIpc) is 2.84. The first-order valence-electron chi connectivity index (χ1n) is 5.38. The van der Waals surface area contributed by atoms with Crippen LogP contribution in [0.1, 0.15) is 0 Å². The minimum absolute atomic E-state index is 0.120. The molecule has 1 aromatic heterocycles. The summed E-state index contributed by atoms with van der Waals surface area (Å²) in [6, 6.07) is 8.74. The van der Waals surface area contributed by atoms with E-state index >= 15 is 0 Å². The van der Waals surface area contributed by atoms with E-state index in [4.69, 9.17) is 0 Å². The largest absolute Gasteiger partial charge is 0.716 e. The number of nitro groups is 3. The minimum Gasteiger partial charge on any atom is -0.376 e. The van der Waals surface area contributed by atoms with Gasteiger partial charge in [-0.1, -0.05) is 30.3 Å². The highest BCUT2D eigenvalue weighted by molar-refractivity contribution is 5.57. The molecule has 0 aliphatic carbocycles. The highest BCUT2D eigenvalue weighted by Gasteiger charge is 2.47. The van der Waals surface area contributed by atoms with Crippen LogP contribution in [0.5, 0.6) is 0 Å². The molecular formula is C10H6N5O6-. The second-order valence-electron chi connectivity index (χ2n) is 3.74. The van der Waals surface area contributed by atoms with Crippen molar-refractivity contribution in [2.45, 2.75) is 0 Å². The smallest absolute Gasteiger partial charge is 0.376 e. The number of rotatable bonds is 5. The molecule has 11 heteroatoms. The molecule has 1 aromatic carbocycles. The molecule has 0 unspecified atom stereocenters. The first kappa shape index (κ1) is 13.9. The van der Waals surface area contributed by atoms with Crippen LogP contribution in [0, 0.1) is 36.6 Å². The van der Waals surface area contributed by atoms with Gasteiger partial charge in [-0.3, -0.25) is 20.2 Å². The molecule has 0 aliphatic rings. The molecular weight excluding hydrogens is 286 g/mol. The van der Waals surface area contributed by atoms with Gasteiger partial charge in [-0.2, -0.15) is 0 Å². The summed E-state index contributed by atoms with van der Waals surface area (Å²) < 4.78 is 0.341. The van der Waals surface area contributed by atoms with E-state index in [1.54, 1.807) is 18.2 Å². The van der Waals surface area contributed by atoms with Gasteiger partial charge in [0.15, 0.2) is 0 Å². The fraction of sp³-hybridized carbons (Fsp3) is 0. The van der Waals surface area contributed by atoms with Gasteiger partial charge in [0.1, 0.15) is 20.6 Å². The molecule has 2 aromatic rings. The Bertz CT molecular complexity index is 698. The molecule has 0 saturated carbocycles. The molecule has 21 heavy (non-hydrogen) atoms. The lowest BCUT2D eigenvalue weighted by atomic mass is 10.1. The number of aromatic nitrogens is 2. The van der Waals surface area contributed by atoms with Gasteiger partial charge in [-0.05, 0) is 11.6 Å². The van der Waals surface area contributed by atoms with Crippen molar-refractivity contribution < 1.29 is 19.5 Å². The first-order chi connectivity index (χ1) is 9.91. The van der Waals surface area contributed by atoms with Gasteiger partial charge < -0.3 is 10.1 Å². The Morgan fingerprint density at radius 2 is 1.62 bits per heavy atom. The zero-order chi connectivity index (χ0) is 15.6. The summed E-state index contributed by atoms with van der Waals surface area (Å²) in [5.74, 6) is -0.727. The third kappa shape index (κ3) is 2.60. The molecule has 0 bridgehead atoms. The second-order valence-corrected chi connectivity index (χ2v) is 3.74. The molecule has 0 N–H and O–H groups in total. The fourth-order valence-corrected chi connectivity index (χ4v) is 1.65. The third-order valence-corrected chi connectivity index (χ3v) is 2.47. The molecule has 11 nitrogen and oxygen atoms in total. The Labute approximate surface area is 115 Å². The Morgan fingerprint density at radius 3 is 2.10 bits per heavy atom. The highest BCUT2D eigenvalue weighted by atomic mass is 16.7. The van der Waals surface area contributed by atoms with E-state index in [1.807, 2.05) is 0 Å². The van der Waals surface area contributed by atoms with Gasteiger partial charge >= 0.3 is 6.29 Å². The Kier molecular flexibility index (Phi) is 3.47. The summed E-state index contributed by atoms with van der Waals surface area (Å²) in [6.45, 7) is 0. The molecule has 108 valence electrons. The number of benzene rings is 1. The normalized spacial score (nSPS) is 10.1. The maximum atomic E-state index is 10.8. The molecule has 0 radical (unpaired) electrons. The number of hydrogen-bond acceptors (Lipinski definition) is 7. The average molecular weight is 292 g/mol. The van der Waals surface area contributed by atoms with E-state index in [1.165, 1.54) is 12.1 Å². The van der Waals surface area contributed by atoms with Crippen LogP contribution in [0.25, 0.3) is 11.3 Å². The summed E-state index contributed by atoms with van der Waals surface area (Å²) in [6.07, 6.45) is -1.48. The van der Waals surface area contributed by atoms with Crippen LogP contribution in [0.4, 0.5) is 5.82 Å². The third-order valence-electron chi connectivity index (χ3n) is 2.47. The number of nitrogens with zero attached hydrogens (tertiary/aromatic N) is 5. The maximum Gasteiger partial charge on any atom is 0.716 e. The minimum atomic E-state index is -1.48. The van der Waals surface area contributed by atoms with Crippen LogP contribution in [0.15, 0.2) is 36.4 Å². The topological polar surface area (TPSA) is 146 Å². The van der Waals surface area contributed by atoms with Crippen LogP contribution >= 0.6 is 0 Å². The van der Waals surface area contributed by atoms with Gasteiger partial charge in [-0.25, -0.2) is 0 Å². The lowest BCUT2D eigenvalue weighted by molar-refractivity contribution is -0.929. The highest BCUT2D eigenvalue weighted by Crippen LogP contribution is 2.20. The fourth-order valence-electron chi connectivity index (χ4n) is 1.65. The molecule has 0 fully saturated rings. The van der Waals surface area contributed by atoms with E-state index in [0.29, 0.717) is 10.2 Å². The Morgan fingerprint density at radius 1 is 1.05 bits per heavy atom. The van der Waals surface area contributed by atoms with Gasteiger partial charge in [0.2, 0.25) is 0 Å². The van der Waals surface area contributed by atoms with Crippen molar-refractivity contribution in [3.05, 3.63) is 73.0 Å². The van der Waals surface area contributed by atoms with Gasteiger partial charge in [-0.15, -0.1) is 4.92 Å². The van der Waals surface area contributed by atoms with Crippen molar-refractivity contribution in [3.63, 3.8) is 0 Å². The van der Waals surface area contributed by atoms with Crippen LogP contribution < -0.4 is 4.68 Å². The van der Waals surface area contributed by atoms with Crippen molar-refractivity contribution >= 4 is 5.82 Å². The van der Waals surface area contributed by atoms with Gasteiger partial charge in [0, 0.05) is 4.68 Å². The predicted octanol–water partition coefficient (Wildman–Crippen LogP) is 0.512. The quantitative estimate of drug-likeness (QED) is 0.337. The Balaban J connectivity index is 2.66. The summed E-state index contributed by atoms with van der Waals surface area (Å²) in [7, 11) is 0. The molecule has 0 aliphatic heterocycles. The zero-order valence-corrected chi connectivity index (χ0v) is 10.1. The predicted molar refractivity (Wildman–Crippen MR) is 64.7 cm³/mol. The molecule has 0 atom stereocenters. The maximum absolute atomic E-state index is 10.8. The van der Waals surface area contributed by atoms with Crippen molar-refractivity contribution in [1.29, 1.82) is 0 Å². The molecule has 0 amide bonds. The van der Waals surface area contributed by atoms with Crippen LogP contribution in [0.3, 0.4) is 0 Å². The molecule has 1 heterocycles. The van der Waals surface area contributed by atoms with Gasteiger partial charge in [0.05, 0.1) is 0 Å². The Hall–Kier alpha value is -3.50. The summed E-state index contributed by atoms with van der Waals surface area (Å²) in [5, 5.41) is 35.7. The van der Waals surface area contributed by atoms with Crippen LogP contribution in [0.2, 0.25) is 0 Å². The summed E-state index contributed by atoms with van der Waals surface area (Å²) >= 11 is 0. The molecule has 0 spiro atoms. The monoisotopic (exact) mass is 292 g/mol. The van der Waals surface area contributed by atoms with E-state index in [-0.39, 0.29) is 5.69 Å². The van der Waals surface area contributed by atoms with E-state index < -0.39 is 26.9 Å². The van der Waals surface area contributed by atoms with Gasteiger partial charge in [0.25, 0.3) is 5.82 Å². The van der Waals surface area contributed by atoms with Crippen molar-refractivity contribution in [2.24, 2.45) is 0 Å². The zero-order valence-electron chi connectivity index (χ0n) is 10.1. The summed E-state index contributed by atoms with van der Waals surface area (Å²) in [4.78, 5) is 28.9. The van der Waals surface area contributed by atoms with E-state index in [9.17, 15) is 30.3 Å². The SMILES string of the molecule is O=[N+]([O-])[C-]([N+](=O)[O-])[n+]1n[c-]([N+](=O)[O-])cc1-c1ccccc1. The standard InChI is InChI=1S/C10H6N5O6/c16-13(17)9-6-8(7-4-2-1-3-5-7)12(11-9)10(14(18)19)15(20)21/h1-6H/q-1. The van der Waals surface area contributed by atoms with Crippen molar-refractivity contribution in [2.75, 3.05) is 0 Å². The van der Waals surface area contributed by atoms with Crippen molar-refractivity contribution in [1.82, 2.24) is 5.10 Å². The lowest BCUT2D eigenvalue weighted by Gasteiger charge is -2.01. The number of hydrogen-bond donors (Lipinski definition) is 0. The lowest BCUT2D eigenvalue weighted by Crippen LogP contribution is -2.51. The molecule has 0 saturated heterocycles. The van der Waals surface area contributed by atoms with Crippen LogP contribution in [-0.4, -0.2) is 19.9 Å². The van der Waals surface area contributed by atoms with E-state index in [0.717, 1.165) is 6.07 Å². The molecule has 2 rings (SSSR count).